The lowest BCUT2D eigenvalue weighted by atomic mass is 10.1. The highest BCUT2D eigenvalue weighted by Gasteiger charge is 2.16. The number of aromatic amines is 1. The highest BCUT2D eigenvalue weighted by molar-refractivity contribution is 9.10. The van der Waals surface area contributed by atoms with Crippen molar-refractivity contribution in [1.82, 2.24) is 4.98 Å². The molecule has 0 atom stereocenters. The Morgan fingerprint density at radius 1 is 1.14 bits per heavy atom. The number of hydrogen-bond acceptors (Lipinski definition) is 1. The molecule has 0 aliphatic carbocycles. The summed E-state index contributed by atoms with van der Waals surface area (Å²) in [4.78, 5) is 14.7. The molecule has 3 aromatic rings. The summed E-state index contributed by atoms with van der Waals surface area (Å²) in [6.45, 7) is 0. The Morgan fingerprint density at radius 2 is 1.86 bits per heavy atom. The Morgan fingerprint density at radius 3 is 2.55 bits per heavy atom. The molecule has 0 saturated carbocycles. The molecule has 0 bridgehead atoms. The quantitative estimate of drug-likeness (QED) is 0.638. The highest BCUT2D eigenvalue weighted by atomic mass is 79.9. The maximum absolute atomic E-state index is 11.6. The lowest BCUT2D eigenvalue weighted by Crippen LogP contribution is -1.97. The standard InChI is InChI=1S/C17H11BrClNO2/c18-11-4-7-13-15(9-11)20-14(16(13)17(21)22)8-3-10-1-5-12(19)6-2-10/h1-9,20H,(H,21,22). The van der Waals surface area contributed by atoms with E-state index in [0.717, 1.165) is 15.6 Å². The molecule has 0 spiro atoms. The lowest BCUT2D eigenvalue weighted by Gasteiger charge is -1.96. The van der Waals surface area contributed by atoms with E-state index in [1.165, 1.54) is 0 Å². The van der Waals surface area contributed by atoms with Gasteiger partial charge in [-0.05, 0) is 35.9 Å². The first-order valence-corrected chi connectivity index (χ1v) is 7.70. The molecule has 1 heterocycles. The maximum atomic E-state index is 11.6. The van der Waals surface area contributed by atoms with E-state index in [0.29, 0.717) is 16.1 Å². The maximum Gasteiger partial charge on any atom is 0.338 e. The summed E-state index contributed by atoms with van der Waals surface area (Å²) in [6.07, 6.45) is 3.61. The van der Waals surface area contributed by atoms with Crippen molar-refractivity contribution in [3.8, 4) is 0 Å². The molecule has 1 aromatic heterocycles. The van der Waals surface area contributed by atoms with Crippen molar-refractivity contribution in [2.24, 2.45) is 0 Å². The van der Waals surface area contributed by atoms with Gasteiger partial charge in [-0.2, -0.15) is 0 Å². The van der Waals surface area contributed by atoms with Crippen molar-refractivity contribution in [3.63, 3.8) is 0 Å². The summed E-state index contributed by atoms with van der Waals surface area (Å²) in [5.41, 5.74) is 2.56. The molecule has 0 amide bonds. The van der Waals surface area contributed by atoms with Crippen LogP contribution in [0.5, 0.6) is 0 Å². The first kappa shape index (κ1) is 14.9. The number of aromatic nitrogens is 1. The van der Waals surface area contributed by atoms with Crippen molar-refractivity contribution < 1.29 is 9.90 Å². The van der Waals surface area contributed by atoms with Crippen LogP contribution in [-0.2, 0) is 0 Å². The summed E-state index contributed by atoms with van der Waals surface area (Å²) in [7, 11) is 0. The third-order valence-electron chi connectivity index (χ3n) is 3.32. The zero-order valence-electron chi connectivity index (χ0n) is 11.3. The first-order chi connectivity index (χ1) is 10.5. The van der Waals surface area contributed by atoms with Crippen LogP contribution in [0.2, 0.25) is 5.02 Å². The fraction of sp³-hybridized carbons (Fsp3) is 0. The number of carbonyl (C=O) groups is 1. The first-order valence-electron chi connectivity index (χ1n) is 6.53. The van der Waals surface area contributed by atoms with E-state index in [1.54, 1.807) is 24.3 Å². The number of H-pyrrole nitrogens is 1. The van der Waals surface area contributed by atoms with Gasteiger partial charge in [0.25, 0.3) is 0 Å². The van der Waals surface area contributed by atoms with Crippen LogP contribution >= 0.6 is 27.5 Å². The summed E-state index contributed by atoms with van der Waals surface area (Å²) in [5.74, 6) is -0.954. The molecule has 0 aliphatic rings. The average molecular weight is 377 g/mol. The molecular formula is C17H11BrClNO2. The molecule has 22 heavy (non-hydrogen) atoms. The fourth-order valence-corrected chi connectivity index (χ4v) is 2.79. The zero-order chi connectivity index (χ0) is 15.7. The third-order valence-corrected chi connectivity index (χ3v) is 4.06. The Labute approximate surface area is 140 Å². The Kier molecular flexibility index (Phi) is 4.05. The average Bonchev–Trinajstić information content (AvgIpc) is 2.84. The fourth-order valence-electron chi connectivity index (χ4n) is 2.30. The third kappa shape index (κ3) is 2.93. The Bertz CT molecular complexity index is 882. The van der Waals surface area contributed by atoms with E-state index in [-0.39, 0.29) is 5.56 Å². The monoisotopic (exact) mass is 375 g/mol. The van der Waals surface area contributed by atoms with E-state index >= 15 is 0 Å². The number of rotatable bonds is 3. The molecule has 110 valence electrons. The lowest BCUT2D eigenvalue weighted by molar-refractivity contribution is 0.0699. The van der Waals surface area contributed by atoms with Gasteiger partial charge in [0.1, 0.15) is 0 Å². The number of aromatic carboxylic acids is 1. The van der Waals surface area contributed by atoms with Gasteiger partial charge in [-0.1, -0.05) is 51.8 Å². The number of hydrogen-bond donors (Lipinski definition) is 2. The Hall–Kier alpha value is -2.04. The normalized spacial score (nSPS) is 11.4. The molecule has 5 heteroatoms. The van der Waals surface area contributed by atoms with Crippen molar-refractivity contribution in [1.29, 1.82) is 0 Å². The van der Waals surface area contributed by atoms with Crippen LogP contribution < -0.4 is 0 Å². The Balaban J connectivity index is 2.07. The largest absolute Gasteiger partial charge is 0.478 e. The van der Waals surface area contributed by atoms with E-state index in [2.05, 4.69) is 20.9 Å². The molecule has 0 unspecified atom stereocenters. The SMILES string of the molecule is O=C(O)c1c(C=Cc2ccc(Cl)cc2)[nH]c2cc(Br)ccc12. The van der Waals surface area contributed by atoms with Crippen molar-refractivity contribution in [2.45, 2.75) is 0 Å². The zero-order valence-corrected chi connectivity index (χ0v) is 13.6. The molecule has 0 radical (unpaired) electrons. The van der Waals surface area contributed by atoms with Crippen molar-refractivity contribution in [2.75, 3.05) is 0 Å². The van der Waals surface area contributed by atoms with Gasteiger partial charge in [-0.3, -0.25) is 0 Å². The second kappa shape index (κ2) is 5.99. The van der Waals surface area contributed by atoms with Gasteiger partial charge in [0, 0.05) is 20.4 Å². The minimum atomic E-state index is -0.954. The summed E-state index contributed by atoms with van der Waals surface area (Å²) < 4.78 is 0.895. The van der Waals surface area contributed by atoms with E-state index in [4.69, 9.17) is 11.6 Å². The topological polar surface area (TPSA) is 53.1 Å². The number of carboxylic acid groups (broad SMARTS) is 1. The van der Waals surface area contributed by atoms with Crippen LogP contribution in [0, 0.1) is 0 Å². The van der Waals surface area contributed by atoms with Crippen molar-refractivity contribution >= 4 is 56.6 Å². The molecule has 0 fully saturated rings. The smallest absolute Gasteiger partial charge is 0.338 e. The highest BCUT2D eigenvalue weighted by Crippen LogP contribution is 2.27. The summed E-state index contributed by atoms with van der Waals surface area (Å²) >= 11 is 9.24. The number of halogens is 2. The van der Waals surface area contributed by atoms with Gasteiger partial charge in [-0.25, -0.2) is 4.79 Å². The van der Waals surface area contributed by atoms with Crippen molar-refractivity contribution in [3.05, 3.63) is 68.8 Å². The van der Waals surface area contributed by atoms with Gasteiger partial charge in [0.2, 0.25) is 0 Å². The minimum Gasteiger partial charge on any atom is -0.478 e. The second-order valence-electron chi connectivity index (χ2n) is 4.79. The molecule has 3 rings (SSSR count). The van der Waals surface area contributed by atoms with Gasteiger partial charge in [0.15, 0.2) is 0 Å². The number of nitrogens with one attached hydrogen (secondary N) is 1. The van der Waals surface area contributed by atoms with Gasteiger partial charge >= 0.3 is 5.97 Å². The number of carboxylic acids is 1. The van der Waals surface area contributed by atoms with Gasteiger partial charge in [-0.15, -0.1) is 0 Å². The van der Waals surface area contributed by atoms with Crippen LogP contribution in [0.1, 0.15) is 21.6 Å². The van der Waals surface area contributed by atoms with Gasteiger partial charge < -0.3 is 10.1 Å². The predicted molar refractivity (Wildman–Crippen MR) is 93.3 cm³/mol. The molecule has 2 aromatic carbocycles. The summed E-state index contributed by atoms with van der Waals surface area (Å²) in [6, 6.07) is 12.8. The van der Waals surface area contributed by atoms with Gasteiger partial charge in [0.05, 0.1) is 11.3 Å². The van der Waals surface area contributed by atoms with E-state index in [9.17, 15) is 9.90 Å². The van der Waals surface area contributed by atoms with E-state index in [1.807, 2.05) is 30.3 Å². The van der Waals surface area contributed by atoms with Crippen LogP contribution in [0.15, 0.2) is 46.9 Å². The predicted octanol–water partition coefficient (Wildman–Crippen LogP) is 5.45. The molecular weight excluding hydrogens is 366 g/mol. The minimum absolute atomic E-state index is 0.271. The van der Waals surface area contributed by atoms with Crippen LogP contribution in [-0.4, -0.2) is 16.1 Å². The molecule has 2 N–H and O–H groups in total. The van der Waals surface area contributed by atoms with Crippen LogP contribution in [0.3, 0.4) is 0 Å². The number of benzene rings is 2. The molecule has 3 nitrogen and oxygen atoms in total. The summed E-state index contributed by atoms with van der Waals surface area (Å²) in [5, 5.41) is 10.8. The van der Waals surface area contributed by atoms with Crippen LogP contribution in [0.25, 0.3) is 23.1 Å². The number of fused-ring (bicyclic) bond motifs is 1. The molecule has 0 aliphatic heterocycles. The van der Waals surface area contributed by atoms with E-state index < -0.39 is 5.97 Å². The second-order valence-corrected chi connectivity index (χ2v) is 6.15. The van der Waals surface area contributed by atoms with Crippen LogP contribution in [0.4, 0.5) is 0 Å². The molecule has 0 saturated heterocycles.